The van der Waals surface area contributed by atoms with Gasteiger partial charge in [0.1, 0.15) is 25.4 Å². The van der Waals surface area contributed by atoms with Crippen LogP contribution < -0.4 is 0 Å². The predicted molar refractivity (Wildman–Crippen MR) is 371 cm³/mol. The molecule has 516 valence electrons. The highest BCUT2D eigenvalue weighted by molar-refractivity contribution is 7.47. The Labute approximate surface area is 549 Å². The first kappa shape index (κ1) is 86.2. The zero-order valence-corrected chi connectivity index (χ0v) is 57.5. The second-order valence-electron chi connectivity index (χ2n) is 21.9. The Hall–Kier alpha value is -4.83. The number of unbranched alkanes of at least 4 members (excludes halogenated alkanes) is 13. The molecule has 0 aromatic rings. The zero-order chi connectivity index (χ0) is 66.7. The number of allylic oxidation sites excluding steroid dienone is 26. The van der Waals surface area contributed by atoms with Crippen LogP contribution >= 0.6 is 15.6 Å². The van der Waals surface area contributed by atoms with Crippen LogP contribution in [0.3, 0.4) is 0 Å². The standard InChI is InChI=1S/C73H118O16P2/c1-4-7-10-13-16-19-22-25-27-29-31-33-35-37-39-42-44-47-50-53-56-59-71(76)83-62-68(74)63-85-90(79,80)86-64-69(75)65-87-91(81,82)88-67-70(89-73(78)61-58-55-52-49-46-41-24-21-18-15-12-9-6-3)66-84-72(77)60-57-54-51-48-45-43-40-38-36-34-32-30-28-26-23-20-17-14-11-8-5-2/h7-8,10-12,15-17,19-21,24-28,31-34,37-40,44,47,68-70,74-75H,4-6,9,13-14,18,22-23,29-30,35-36,41-43,45-46,48-67H2,1-3H3,(H,79,80)(H,81,82)/b10-7-,11-8-,15-12-,19-16-,20-17-,24-21-,27-25-,28-26-,33-31-,34-32-,39-37-,40-38-,47-44-. The molecule has 0 saturated heterocycles. The SMILES string of the molecule is CC/C=C\C/C=C\C/C=C\C/C=C\C/C=C\C/C=C\CCCCC(=O)OCC(O)COP(=O)(O)OCC(O)COP(=O)(O)OCC(COC(=O)CCCCCCC/C=C\C/C=C\C/C=C\C/C=C\C/C=C\CC)OC(=O)CCCCCCC/C=C\C/C=C\CCC. The van der Waals surface area contributed by atoms with Crippen molar-refractivity contribution in [1.82, 2.24) is 0 Å². The van der Waals surface area contributed by atoms with Crippen molar-refractivity contribution in [2.75, 3.05) is 39.6 Å². The van der Waals surface area contributed by atoms with Crippen LogP contribution in [-0.4, -0.2) is 95.9 Å². The van der Waals surface area contributed by atoms with Gasteiger partial charge in [0.15, 0.2) is 6.10 Å². The van der Waals surface area contributed by atoms with E-state index in [9.17, 15) is 43.5 Å². The molecule has 0 aliphatic heterocycles. The molecule has 0 radical (unpaired) electrons. The number of esters is 3. The van der Waals surface area contributed by atoms with Crippen molar-refractivity contribution in [1.29, 1.82) is 0 Å². The number of carbonyl (C=O) groups is 3. The molecule has 0 amide bonds. The zero-order valence-electron chi connectivity index (χ0n) is 55.7. The third kappa shape index (κ3) is 66.4. The van der Waals surface area contributed by atoms with Crippen LogP contribution in [-0.2, 0) is 55.8 Å². The minimum absolute atomic E-state index is 0.0765. The third-order valence-electron chi connectivity index (χ3n) is 13.2. The lowest BCUT2D eigenvalue weighted by atomic mass is 10.1. The summed E-state index contributed by atoms with van der Waals surface area (Å²) in [6.07, 6.45) is 78.7. The van der Waals surface area contributed by atoms with Crippen LogP contribution in [0.2, 0.25) is 0 Å². The summed E-state index contributed by atoms with van der Waals surface area (Å²) in [5, 5.41) is 20.5. The van der Waals surface area contributed by atoms with Gasteiger partial charge in [0, 0.05) is 19.3 Å². The molecule has 0 aliphatic rings. The van der Waals surface area contributed by atoms with Gasteiger partial charge >= 0.3 is 33.6 Å². The van der Waals surface area contributed by atoms with Gasteiger partial charge in [-0.3, -0.25) is 32.5 Å². The molecule has 0 heterocycles. The number of phosphoric ester groups is 2. The van der Waals surface area contributed by atoms with E-state index in [0.29, 0.717) is 19.3 Å². The Morgan fingerprint density at radius 2 is 0.582 bits per heavy atom. The van der Waals surface area contributed by atoms with E-state index in [1.807, 2.05) is 0 Å². The van der Waals surface area contributed by atoms with Crippen molar-refractivity contribution in [3.05, 3.63) is 158 Å². The van der Waals surface area contributed by atoms with Gasteiger partial charge in [-0.2, -0.15) is 0 Å². The first-order valence-electron chi connectivity index (χ1n) is 33.8. The fourth-order valence-electron chi connectivity index (χ4n) is 8.11. The van der Waals surface area contributed by atoms with Crippen molar-refractivity contribution in [2.45, 2.75) is 245 Å². The van der Waals surface area contributed by atoms with Gasteiger partial charge in [0.05, 0.1) is 26.4 Å². The number of aliphatic hydroxyl groups is 2. The Kier molecular flexibility index (Phi) is 61.8. The quantitative estimate of drug-likeness (QED) is 0.0146. The number of rotatable bonds is 62. The monoisotopic (exact) mass is 1310 g/mol. The molecule has 0 rings (SSSR count). The largest absolute Gasteiger partial charge is 0.472 e. The lowest BCUT2D eigenvalue weighted by Crippen LogP contribution is -2.30. The van der Waals surface area contributed by atoms with E-state index in [1.165, 1.54) is 0 Å². The average molecular weight is 1310 g/mol. The maximum Gasteiger partial charge on any atom is 0.472 e. The normalized spacial score (nSPS) is 15.2. The van der Waals surface area contributed by atoms with Gasteiger partial charge in [-0.1, -0.05) is 224 Å². The highest BCUT2D eigenvalue weighted by atomic mass is 31.2. The van der Waals surface area contributed by atoms with Crippen molar-refractivity contribution >= 4 is 33.6 Å². The van der Waals surface area contributed by atoms with Gasteiger partial charge in [-0.05, 0) is 141 Å². The first-order chi connectivity index (χ1) is 44.2. The third-order valence-corrected chi connectivity index (χ3v) is 15.1. The van der Waals surface area contributed by atoms with Gasteiger partial charge in [0.2, 0.25) is 0 Å². The second kappa shape index (κ2) is 65.2. The lowest BCUT2D eigenvalue weighted by Gasteiger charge is -2.21. The van der Waals surface area contributed by atoms with E-state index in [2.05, 4.69) is 179 Å². The second-order valence-corrected chi connectivity index (χ2v) is 24.8. The van der Waals surface area contributed by atoms with Crippen LogP contribution in [0.15, 0.2) is 158 Å². The fraction of sp³-hybridized carbons (Fsp3) is 0.603. The van der Waals surface area contributed by atoms with Crippen molar-refractivity contribution in [2.24, 2.45) is 0 Å². The van der Waals surface area contributed by atoms with E-state index in [0.717, 1.165) is 167 Å². The Bertz CT molecular complexity index is 2290. The summed E-state index contributed by atoms with van der Waals surface area (Å²) in [7, 11) is -9.81. The van der Waals surface area contributed by atoms with Crippen LogP contribution in [0.4, 0.5) is 0 Å². The van der Waals surface area contributed by atoms with E-state index >= 15 is 0 Å². The van der Waals surface area contributed by atoms with Crippen LogP contribution in [0.5, 0.6) is 0 Å². The highest BCUT2D eigenvalue weighted by Crippen LogP contribution is 2.45. The first-order valence-corrected chi connectivity index (χ1v) is 36.8. The lowest BCUT2D eigenvalue weighted by molar-refractivity contribution is -0.161. The fourth-order valence-corrected chi connectivity index (χ4v) is 9.69. The minimum atomic E-state index is -4.94. The van der Waals surface area contributed by atoms with Crippen molar-refractivity contribution < 1.29 is 75.8 Å². The number of ether oxygens (including phenoxy) is 3. The molecule has 0 saturated carbocycles. The molecule has 0 bridgehead atoms. The smallest absolute Gasteiger partial charge is 0.463 e. The van der Waals surface area contributed by atoms with E-state index in [4.69, 9.17) is 32.3 Å². The summed E-state index contributed by atoms with van der Waals surface area (Å²) in [6, 6.07) is 0. The van der Waals surface area contributed by atoms with E-state index < -0.39 is 91.5 Å². The maximum atomic E-state index is 12.9. The van der Waals surface area contributed by atoms with Gasteiger partial charge < -0.3 is 34.2 Å². The Morgan fingerprint density at radius 3 is 0.945 bits per heavy atom. The van der Waals surface area contributed by atoms with Gasteiger partial charge in [0.25, 0.3) is 0 Å². The molecule has 91 heavy (non-hydrogen) atoms. The number of carbonyl (C=O) groups excluding carboxylic acids is 3. The molecule has 18 heteroatoms. The molecule has 0 aromatic carbocycles. The molecule has 5 unspecified atom stereocenters. The average Bonchev–Trinajstić information content (AvgIpc) is 3.75. The molecule has 0 aliphatic carbocycles. The van der Waals surface area contributed by atoms with Crippen molar-refractivity contribution in [3.63, 3.8) is 0 Å². The molecular weight excluding hydrogens is 1190 g/mol. The summed E-state index contributed by atoms with van der Waals surface area (Å²) in [4.78, 5) is 58.3. The number of phosphoric acid groups is 2. The highest BCUT2D eigenvalue weighted by Gasteiger charge is 2.29. The molecule has 0 aromatic heterocycles. The number of hydrogen-bond donors (Lipinski definition) is 4. The summed E-state index contributed by atoms with van der Waals surface area (Å²) < 4.78 is 60.8. The molecule has 4 N–H and O–H groups in total. The summed E-state index contributed by atoms with van der Waals surface area (Å²) in [5.41, 5.74) is 0. The molecule has 5 atom stereocenters. The van der Waals surface area contributed by atoms with Gasteiger partial charge in [-0.15, -0.1) is 0 Å². The van der Waals surface area contributed by atoms with E-state index in [-0.39, 0.29) is 19.3 Å². The van der Waals surface area contributed by atoms with Crippen LogP contribution in [0, 0.1) is 0 Å². The Balaban J connectivity index is 4.73. The topological polar surface area (TPSA) is 231 Å². The predicted octanol–water partition coefficient (Wildman–Crippen LogP) is 18.7. The van der Waals surface area contributed by atoms with Crippen LogP contribution in [0.1, 0.15) is 226 Å². The minimum Gasteiger partial charge on any atom is -0.463 e. The summed E-state index contributed by atoms with van der Waals surface area (Å²) >= 11 is 0. The number of aliphatic hydroxyl groups excluding tert-OH is 2. The molecule has 16 nitrogen and oxygen atoms in total. The van der Waals surface area contributed by atoms with Crippen molar-refractivity contribution in [3.8, 4) is 0 Å². The van der Waals surface area contributed by atoms with E-state index in [1.54, 1.807) is 0 Å². The number of hydrogen-bond acceptors (Lipinski definition) is 14. The maximum absolute atomic E-state index is 12.9. The molecule has 0 fully saturated rings. The summed E-state index contributed by atoms with van der Waals surface area (Å²) in [6.45, 7) is 2.24. The molecular formula is C73H118O16P2. The summed E-state index contributed by atoms with van der Waals surface area (Å²) in [5.74, 6) is -1.67. The molecule has 0 spiro atoms. The Morgan fingerprint density at radius 1 is 0.319 bits per heavy atom. The van der Waals surface area contributed by atoms with Crippen LogP contribution in [0.25, 0.3) is 0 Å². The van der Waals surface area contributed by atoms with Gasteiger partial charge in [-0.25, -0.2) is 9.13 Å².